The van der Waals surface area contributed by atoms with Crippen LogP contribution in [0.15, 0.2) is 34.2 Å². The summed E-state index contributed by atoms with van der Waals surface area (Å²) in [5.41, 5.74) is 3.46. The molecule has 1 heterocycles. The summed E-state index contributed by atoms with van der Waals surface area (Å²) in [4.78, 5) is 31.6. The molecule has 2 N–H and O–H groups in total. The molecule has 2 aromatic rings. The molecule has 0 fully saturated rings. The van der Waals surface area contributed by atoms with Crippen LogP contribution in [0.3, 0.4) is 0 Å². The summed E-state index contributed by atoms with van der Waals surface area (Å²) in [7, 11) is 0. The van der Waals surface area contributed by atoms with E-state index < -0.39 is 0 Å². The van der Waals surface area contributed by atoms with Crippen LogP contribution < -0.4 is 10.9 Å². The minimum absolute atomic E-state index is 0.117. The number of hydrogen-bond acceptors (Lipinski definition) is 5. The minimum atomic E-state index is -0.383. The number of carbonyl (C=O) groups is 1. The number of amides is 1. The molecular formula is C19H25N3O2S2. The van der Waals surface area contributed by atoms with Gasteiger partial charge in [0.25, 0.3) is 5.56 Å². The van der Waals surface area contributed by atoms with E-state index in [1.54, 1.807) is 18.7 Å². The van der Waals surface area contributed by atoms with Crippen molar-refractivity contribution in [2.75, 3.05) is 5.32 Å². The predicted molar refractivity (Wildman–Crippen MR) is 111 cm³/mol. The highest BCUT2D eigenvalue weighted by Gasteiger charge is 2.17. The Labute approximate surface area is 162 Å². The van der Waals surface area contributed by atoms with Crippen LogP contribution in [0.5, 0.6) is 0 Å². The van der Waals surface area contributed by atoms with Gasteiger partial charge in [-0.25, -0.2) is 4.98 Å². The van der Waals surface area contributed by atoms with Gasteiger partial charge in [-0.05, 0) is 43.2 Å². The Balaban J connectivity index is 2.06. The van der Waals surface area contributed by atoms with E-state index in [1.807, 2.05) is 32.0 Å². The van der Waals surface area contributed by atoms with Crippen molar-refractivity contribution in [2.45, 2.75) is 56.0 Å². The van der Waals surface area contributed by atoms with Crippen molar-refractivity contribution in [2.24, 2.45) is 0 Å². The summed E-state index contributed by atoms with van der Waals surface area (Å²) in [5.74, 6) is 0.561. The summed E-state index contributed by atoms with van der Waals surface area (Å²) in [6, 6.07) is 7.46. The quantitative estimate of drug-likeness (QED) is 0.548. The van der Waals surface area contributed by atoms with Crippen LogP contribution in [-0.4, -0.2) is 26.4 Å². The molecule has 2 rings (SSSR count). The lowest BCUT2D eigenvalue weighted by Gasteiger charge is -2.14. The highest BCUT2D eigenvalue weighted by atomic mass is 32.2. The Morgan fingerprint density at radius 1 is 1.23 bits per heavy atom. The number of nitrogens with zero attached hydrogens (tertiary/aromatic N) is 1. The van der Waals surface area contributed by atoms with Gasteiger partial charge in [0.1, 0.15) is 0 Å². The van der Waals surface area contributed by atoms with Gasteiger partial charge in [0.15, 0.2) is 5.16 Å². The second-order valence-corrected chi connectivity index (χ2v) is 9.36. The number of H-pyrrole nitrogens is 1. The molecule has 1 unspecified atom stereocenters. The number of aromatic nitrogens is 2. The molecule has 1 aromatic carbocycles. The highest BCUT2D eigenvalue weighted by Crippen LogP contribution is 2.23. The first kappa shape index (κ1) is 20.6. The molecule has 1 aromatic heterocycles. The van der Waals surface area contributed by atoms with Gasteiger partial charge in [0.05, 0.1) is 10.9 Å². The average Bonchev–Trinajstić information content (AvgIpc) is 2.55. The van der Waals surface area contributed by atoms with Crippen LogP contribution >= 0.6 is 23.5 Å². The molecular weight excluding hydrogens is 366 g/mol. The van der Waals surface area contributed by atoms with Gasteiger partial charge >= 0.3 is 0 Å². The van der Waals surface area contributed by atoms with E-state index in [2.05, 4.69) is 29.1 Å². The molecule has 1 amide bonds. The van der Waals surface area contributed by atoms with Crippen molar-refractivity contribution in [1.29, 1.82) is 0 Å². The third-order valence-corrected chi connectivity index (χ3v) is 5.76. The fourth-order valence-corrected chi connectivity index (χ4v) is 3.67. The van der Waals surface area contributed by atoms with Crippen LogP contribution in [0.2, 0.25) is 0 Å². The fraction of sp³-hybridized carbons (Fsp3) is 0.421. The van der Waals surface area contributed by atoms with Gasteiger partial charge in [-0.2, -0.15) is 11.8 Å². The molecule has 7 heteroatoms. The lowest BCUT2D eigenvalue weighted by molar-refractivity contribution is -0.115. The van der Waals surface area contributed by atoms with Crippen LogP contribution in [-0.2, 0) is 10.5 Å². The number of aryl methyl sites for hydroxylation is 2. The normalized spacial score (nSPS) is 12.2. The van der Waals surface area contributed by atoms with Gasteiger partial charge in [-0.3, -0.25) is 9.59 Å². The molecule has 0 bridgehead atoms. The number of hydrogen-bond donors (Lipinski definition) is 2. The molecule has 0 aliphatic rings. The highest BCUT2D eigenvalue weighted by molar-refractivity contribution is 8.00. The summed E-state index contributed by atoms with van der Waals surface area (Å²) >= 11 is 2.98. The third kappa shape index (κ3) is 6.21. The van der Waals surface area contributed by atoms with Crippen LogP contribution in [0.1, 0.15) is 37.6 Å². The molecule has 140 valence electrons. The van der Waals surface area contributed by atoms with Crippen molar-refractivity contribution in [3.63, 3.8) is 0 Å². The minimum Gasteiger partial charge on any atom is -0.325 e. The SMILES string of the molecule is Cc1ccc(C)c(NC(=O)C(C)Sc2nc(CSC(C)C)cc(=O)[nH]2)c1. The molecule has 0 spiro atoms. The summed E-state index contributed by atoms with van der Waals surface area (Å²) in [6.07, 6.45) is 0. The van der Waals surface area contributed by atoms with Gasteiger partial charge in [-0.15, -0.1) is 0 Å². The smallest absolute Gasteiger partial charge is 0.251 e. The lowest BCUT2D eigenvalue weighted by atomic mass is 10.1. The zero-order chi connectivity index (χ0) is 19.3. The molecule has 0 aliphatic heterocycles. The second kappa shape index (κ2) is 9.28. The summed E-state index contributed by atoms with van der Waals surface area (Å²) in [6.45, 7) is 9.96. The molecule has 0 radical (unpaired) electrons. The van der Waals surface area contributed by atoms with E-state index in [-0.39, 0.29) is 16.7 Å². The molecule has 1 atom stereocenters. The largest absolute Gasteiger partial charge is 0.325 e. The molecule has 26 heavy (non-hydrogen) atoms. The van der Waals surface area contributed by atoms with E-state index in [0.717, 1.165) is 22.5 Å². The average molecular weight is 392 g/mol. The van der Waals surface area contributed by atoms with E-state index in [9.17, 15) is 9.59 Å². The Bertz CT molecular complexity index is 834. The van der Waals surface area contributed by atoms with Crippen molar-refractivity contribution in [1.82, 2.24) is 9.97 Å². The zero-order valence-corrected chi connectivity index (χ0v) is 17.4. The number of carbonyl (C=O) groups excluding carboxylic acids is 1. The maximum atomic E-state index is 12.5. The molecule has 0 saturated heterocycles. The van der Waals surface area contributed by atoms with E-state index in [0.29, 0.717) is 16.2 Å². The first-order chi connectivity index (χ1) is 12.2. The van der Waals surface area contributed by atoms with E-state index in [1.165, 1.54) is 17.8 Å². The zero-order valence-electron chi connectivity index (χ0n) is 15.8. The number of rotatable bonds is 7. The van der Waals surface area contributed by atoms with Crippen molar-refractivity contribution < 1.29 is 4.79 Å². The van der Waals surface area contributed by atoms with Gasteiger partial charge in [0.2, 0.25) is 5.91 Å². The van der Waals surface area contributed by atoms with E-state index >= 15 is 0 Å². The summed E-state index contributed by atoms with van der Waals surface area (Å²) in [5, 5.41) is 3.51. The van der Waals surface area contributed by atoms with Crippen LogP contribution in [0.4, 0.5) is 5.69 Å². The standard InChI is InChI=1S/C19H25N3O2S2/c1-11(2)25-10-15-9-17(23)22-19(20-15)26-14(5)18(24)21-16-8-12(3)6-7-13(16)4/h6-9,11,14H,10H2,1-5H3,(H,21,24)(H,20,22,23). The number of aromatic amines is 1. The van der Waals surface area contributed by atoms with Crippen molar-refractivity contribution in [3.8, 4) is 0 Å². The fourth-order valence-electron chi connectivity index (χ4n) is 2.19. The molecule has 0 saturated carbocycles. The Hall–Kier alpha value is -1.73. The first-order valence-electron chi connectivity index (χ1n) is 8.51. The molecule has 0 aliphatic carbocycles. The van der Waals surface area contributed by atoms with Crippen molar-refractivity contribution in [3.05, 3.63) is 51.4 Å². The monoisotopic (exact) mass is 391 g/mol. The predicted octanol–water partition coefficient (Wildman–Crippen LogP) is 4.15. The number of benzene rings is 1. The van der Waals surface area contributed by atoms with E-state index in [4.69, 9.17) is 0 Å². The van der Waals surface area contributed by atoms with Gasteiger partial charge in [0, 0.05) is 17.5 Å². The number of thioether (sulfide) groups is 2. The summed E-state index contributed by atoms with van der Waals surface area (Å²) < 4.78 is 0. The lowest BCUT2D eigenvalue weighted by Crippen LogP contribution is -2.23. The topological polar surface area (TPSA) is 74.8 Å². The number of nitrogens with one attached hydrogen (secondary N) is 2. The Morgan fingerprint density at radius 2 is 1.96 bits per heavy atom. The molecule has 5 nitrogen and oxygen atoms in total. The van der Waals surface area contributed by atoms with Gasteiger partial charge in [-0.1, -0.05) is 37.7 Å². The van der Waals surface area contributed by atoms with Crippen LogP contribution in [0.25, 0.3) is 0 Å². The maximum Gasteiger partial charge on any atom is 0.251 e. The Kier molecular flexibility index (Phi) is 7.34. The van der Waals surface area contributed by atoms with Crippen LogP contribution in [0, 0.1) is 13.8 Å². The Morgan fingerprint density at radius 3 is 2.65 bits per heavy atom. The first-order valence-corrected chi connectivity index (χ1v) is 10.4. The maximum absolute atomic E-state index is 12.5. The van der Waals surface area contributed by atoms with Crippen molar-refractivity contribution >= 4 is 35.1 Å². The van der Waals surface area contributed by atoms with Gasteiger partial charge < -0.3 is 10.3 Å². The second-order valence-electron chi connectivity index (χ2n) is 6.47. The number of anilines is 1. The third-order valence-electron chi connectivity index (χ3n) is 3.65.